The third-order valence-electron chi connectivity index (χ3n) is 5.20. The Labute approximate surface area is 151 Å². The van der Waals surface area contributed by atoms with Crippen molar-refractivity contribution in [1.29, 1.82) is 0 Å². The molecule has 3 nitrogen and oxygen atoms in total. The van der Waals surface area contributed by atoms with Gasteiger partial charge in [-0.05, 0) is 43.4 Å². The molecule has 1 aliphatic carbocycles. The number of halogens is 2. The van der Waals surface area contributed by atoms with Gasteiger partial charge in [0.1, 0.15) is 0 Å². The molecule has 0 radical (unpaired) electrons. The molecule has 2 aliphatic rings. The Kier molecular flexibility index (Phi) is 5.65. The number of rotatable bonds is 4. The number of carbonyl (C=O) groups excluding carboxylic acids is 1. The van der Waals surface area contributed by atoms with E-state index in [1.165, 1.54) is 12.8 Å². The van der Waals surface area contributed by atoms with E-state index in [0.29, 0.717) is 0 Å². The first kappa shape index (κ1) is 17.2. The van der Waals surface area contributed by atoms with Crippen molar-refractivity contribution < 1.29 is 9.53 Å². The van der Waals surface area contributed by atoms with E-state index in [1.807, 2.05) is 18.2 Å². The van der Waals surface area contributed by atoms with Gasteiger partial charge in [0.25, 0.3) is 0 Å². The van der Waals surface area contributed by atoms with Crippen LogP contribution < -0.4 is 0 Å². The lowest BCUT2D eigenvalue weighted by atomic mass is 9.91. The minimum absolute atomic E-state index is 0.0492. The van der Waals surface area contributed by atoms with E-state index in [-0.39, 0.29) is 24.0 Å². The molecule has 2 fully saturated rings. The lowest BCUT2D eigenvalue weighted by molar-refractivity contribution is -0.136. The molecule has 0 bridgehead atoms. The van der Waals surface area contributed by atoms with Crippen molar-refractivity contribution in [2.24, 2.45) is 5.92 Å². The Bertz CT molecular complexity index is 580. The van der Waals surface area contributed by atoms with Crippen LogP contribution in [-0.4, -0.2) is 36.6 Å². The summed E-state index contributed by atoms with van der Waals surface area (Å²) >= 11 is 9.73. The van der Waals surface area contributed by atoms with Crippen LogP contribution in [0.15, 0.2) is 22.7 Å². The highest BCUT2D eigenvalue weighted by atomic mass is 79.9. The van der Waals surface area contributed by atoms with Crippen LogP contribution in [-0.2, 0) is 16.0 Å². The molecule has 1 aromatic rings. The highest BCUT2D eigenvalue weighted by molar-refractivity contribution is 9.10. The van der Waals surface area contributed by atoms with Crippen molar-refractivity contribution in [3.05, 3.63) is 33.3 Å². The molecule has 3 unspecified atom stereocenters. The Morgan fingerprint density at radius 3 is 2.83 bits per heavy atom. The summed E-state index contributed by atoms with van der Waals surface area (Å²) < 4.78 is 6.60. The fourth-order valence-electron chi connectivity index (χ4n) is 3.94. The zero-order chi connectivity index (χ0) is 16.4. The molecule has 23 heavy (non-hydrogen) atoms. The summed E-state index contributed by atoms with van der Waals surface area (Å²) in [5.74, 6) is 0.325. The van der Waals surface area contributed by atoms with Crippen molar-refractivity contribution >= 4 is 33.4 Å². The van der Waals surface area contributed by atoms with E-state index in [4.69, 9.17) is 16.3 Å². The average molecular weight is 401 g/mol. The van der Waals surface area contributed by atoms with Crippen molar-refractivity contribution in [3.8, 4) is 0 Å². The Morgan fingerprint density at radius 1 is 1.30 bits per heavy atom. The van der Waals surface area contributed by atoms with Gasteiger partial charge in [0.15, 0.2) is 0 Å². The first-order valence-electron chi connectivity index (χ1n) is 8.37. The average Bonchev–Trinajstić information content (AvgIpc) is 2.91. The largest absolute Gasteiger partial charge is 0.379 e. The SMILES string of the molecule is COC1CCCCC1N1CCC(Cc2ccc(Br)cc2Cl)C1=O. The van der Waals surface area contributed by atoms with Crippen LogP contribution in [0.25, 0.3) is 0 Å². The van der Waals surface area contributed by atoms with Gasteiger partial charge in [-0.2, -0.15) is 0 Å². The highest BCUT2D eigenvalue weighted by Crippen LogP contribution is 2.33. The van der Waals surface area contributed by atoms with Gasteiger partial charge in [0.2, 0.25) is 5.91 Å². The molecule has 1 aromatic carbocycles. The van der Waals surface area contributed by atoms with Crippen molar-refractivity contribution in [2.75, 3.05) is 13.7 Å². The summed E-state index contributed by atoms with van der Waals surface area (Å²) in [6.45, 7) is 0.849. The van der Waals surface area contributed by atoms with Gasteiger partial charge in [-0.1, -0.05) is 46.4 Å². The minimum Gasteiger partial charge on any atom is -0.379 e. The monoisotopic (exact) mass is 399 g/mol. The number of hydrogen-bond donors (Lipinski definition) is 0. The van der Waals surface area contributed by atoms with E-state index in [0.717, 1.165) is 47.3 Å². The molecule has 1 saturated heterocycles. The molecule has 1 aliphatic heterocycles. The summed E-state index contributed by atoms with van der Waals surface area (Å²) in [4.78, 5) is 14.9. The van der Waals surface area contributed by atoms with Crippen LogP contribution in [0.5, 0.6) is 0 Å². The number of nitrogens with zero attached hydrogens (tertiary/aromatic N) is 1. The molecule has 0 spiro atoms. The van der Waals surface area contributed by atoms with Crippen molar-refractivity contribution in [2.45, 2.75) is 50.7 Å². The maximum Gasteiger partial charge on any atom is 0.226 e. The number of hydrogen-bond acceptors (Lipinski definition) is 2. The summed E-state index contributed by atoms with van der Waals surface area (Å²) in [7, 11) is 1.77. The minimum atomic E-state index is 0.0492. The lowest BCUT2D eigenvalue weighted by Crippen LogP contribution is -2.47. The summed E-state index contributed by atoms with van der Waals surface area (Å²) in [5, 5.41) is 0.734. The number of likely N-dealkylation sites (tertiary alicyclic amines) is 1. The Morgan fingerprint density at radius 2 is 2.09 bits per heavy atom. The van der Waals surface area contributed by atoms with E-state index in [2.05, 4.69) is 20.8 Å². The molecule has 3 atom stereocenters. The predicted molar refractivity (Wildman–Crippen MR) is 95.7 cm³/mol. The number of benzene rings is 1. The second kappa shape index (κ2) is 7.54. The molecule has 1 saturated carbocycles. The Hall–Kier alpha value is -0.580. The predicted octanol–water partition coefficient (Wildman–Crippen LogP) is 4.45. The second-order valence-corrected chi connectivity index (χ2v) is 7.91. The number of ether oxygens (including phenoxy) is 1. The maximum absolute atomic E-state index is 12.9. The molecule has 0 aromatic heterocycles. The molecular formula is C18H23BrClNO2. The maximum atomic E-state index is 12.9. The molecule has 5 heteroatoms. The van der Waals surface area contributed by atoms with Gasteiger partial charge in [-0.25, -0.2) is 0 Å². The Balaban J connectivity index is 1.68. The van der Waals surface area contributed by atoms with Gasteiger partial charge >= 0.3 is 0 Å². The van der Waals surface area contributed by atoms with Crippen LogP contribution in [0.4, 0.5) is 0 Å². The first-order valence-corrected chi connectivity index (χ1v) is 9.54. The molecular weight excluding hydrogens is 378 g/mol. The highest BCUT2D eigenvalue weighted by Gasteiger charge is 2.40. The standard InChI is InChI=1S/C18H23BrClNO2/c1-23-17-5-3-2-4-16(17)21-9-8-13(18(21)22)10-12-6-7-14(19)11-15(12)20/h6-7,11,13,16-17H,2-5,8-10H2,1H3. The molecule has 3 rings (SSSR count). The van der Waals surface area contributed by atoms with E-state index in [9.17, 15) is 4.79 Å². The van der Waals surface area contributed by atoms with Gasteiger partial charge in [0.05, 0.1) is 12.1 Å². The summed E-state index contributed by atoms with van der Waals surface area (Å²) in [6.07, 6.45) is 6.36. The van der Waals surface area contributed by atoms with Crippen LogP contribution in [0.3, 0.4) is 0 Å². The van der Waals surface area contributed by atoms with E-state index < -0.39 is 0 Å². The topological polar surface area (TPSA) is 29.5 Å². The lowest BCUT2D eigenvalue weighted by Gasteiger charge is -2.37. The number of carbonyl (C=O) groups is 1. The second-order valence-electron chi connectivity index (χ2n) is 6.58. The molecule has 126 valence electrons. The number of amides is 1. The number of methoxy groups -OCH3 is 1. The van der Waals surface area contributed by atoms with Crippen LogP contribution in [0.1, 0.15) is 37.7 Å². The smallest absolute Gasteiger partial charge is 0.226 e. The van der Waals surface area contributed by atoms with E-state index >= 15 is 0 Å². The van der Waals surface area contributed by atoms with Crippen molar-refractivity contribution in [1.82, 2.24) is 4.90 Å². The molecule has 1 amide bonds. The summed E-state index contributed by atoms with van der Waals surface area (Å²) in [5.41, 5.74) is 1.06. The molecule has 0 N–H and O–H groups in total. The van der Waals surface area contributed by atoms with Crippen molar-refractivity contribution in [3.63, 3.8) is 0 Å². The van der Waals surface area contributed by atoms with Crippen LogP contribution in [0, 0.1) is 5.92 Å². The van der Waals surface area contributed by atoms with Crippen LogP contribution in [0.2, 0.25) is 5.02 Å². The quantitative estimate of drug-likeness (QED) is 0.747. The zero-order valence-electron chi connectivity index (χ0n) is 13.4. The van der Waals surface area contributed by atoms with Crippen LogP contribution >= 0.6 is 27.5 Å². The van der Waals surface area contributed by atoms with Gasteiger partial charge in [-0.15, -0.1) is 0 Å². The third-order valence-corrected chi connectivity index (χ3v) is 6.05. The third kappa shape index (κ3) is 3.75. The van der Waals surface area contributed by atoms with Gasteiger partial charge in [-0.3, -0.25) is 4.79 Å². The van der Waals surface area contributed by atoms with Gasteiger partial charge < -0.3 is 9.64 Å². The fraction of sp³-hybridized carbons (Fsp3) is 0.611. The fourth-order valence-corrected chi connectivity index (χ4v) is 4.69. The van der Waals surface area contributed by atoms with E-state index in [1.54, 1.807) is 7.11 Å². The zero-order valence-corrected chi connectivity index (χ0v) is 15.8. The van der Waals surface area contributed by atoms with Gasteiger partial charge in [0, 0.05) is 29.1 Å². The first-order chi connectivity index (χ1) is 11.1. The normalized spacial score (nSPS) is 28.4. The molecule has 1 heterocycles. The summed E-state index contributed by atoms with van der Waals surface area (Å²) in [6, 6.07) is 6.16.